The molecule has 2 aromatic rings. The van der Waals surface area contributed by atoms with Crippen LogP contribution in [0.3, 0.4) is 0 Å². The lowest BCUT2D eigenvalue weighted by Gasteiger charge is -2.09. The predicted molar refractivity (Wildman–Crippen MR) is 97.3 cm³/mol. The lowest BCUT2D eigenvalue weighted by Crippen LogP contribution is -2.27. The summed E-state index contributed by atoms with van der Waals surface area (Å²) in [5, 5.41) is 2.77. The minimum atomic E-state index is -3.68. The summed E-state index contributed by atoms with van der Waals surface area (Å²) in [4.78, 5) is 12.4. The second-order valence-electron chi connectivity index (χ2n) is 5.42. The van der Waals surface area contributed by atoms with Crippen LogP contribution in [0.5, 0.6) is 0 Å². The highest BCUT2D eigenvalue weighted by Crippen LogP contribution is 2.15. The first-order chi connectivity index (χ1) is 12.0. The van der Waals surface area contributed by atoms with Crippen LogP contribution in [0.1, 0.15) is 22.8 Å². The monoisotopic (exact) mass is 362 g/mol. The Hall–Kier alpha value is -2.22. The molecule has 2 N–H and O–H groups in total. The summed E-state index contributed by atoms with van der Waals surface area (Å²) in [5.41, 5.74) is 2.11. The van der Waals surface area contributed by atoms with Crippen LogP contribution in [0.25, 0.3) is 0 Å². The molecule has 25 heavy (non-hydrogen) atoms. The van der Waals surface area contributed by atoms with Crippen LogP contribution in [0.4, 0.5) is 5.69 Å². The zero-order valence-corrected chi connectivity index (χ0v) is 15.1. The molecule has 0 heterocycles. The third kappa shape index (κ3) is 5.38. The first kappa shape index (κ1) is 19.1. The summed E-state index contributed by atoms with van der Waals surface area (Å²) in [5.74, 6) is -0.363. The zero-order valence-electron chi connectivity index (χ0n) is 14.3. The Morgan fingerprint density at radius 3 is 2.48 bits per heavy atom. The third-order valence-corrected chi connectivity index (χ3v) is 5.08. The number of ether oxygens (including phenoxy) is 1. The number of anilines is 1. The summed E-state index contributed by atoms with van der Waals surface area (Å²) >= 11 is 0. The van der Waals surface area contributed by atoms with E-state index in [1.165, 1.54) is 24.8 Å². The van der Waals surface area contributed by atoms with Gasteiger partial charge in [0.05, 0.1) is 11.5 Å². The SMILES string of the molecule is CCc1ccc(NC(=O)c2cccc(S(=O)(=O)NCCOC)c2)cc1. The highest BCUT2D eigenvalue weighted by atomic mass is 32.2. The van der Waals surface area contributed by atoms with Gasteiger partial charge >= 0.3 is 0 Å². The summed E-state index contributed by atoms with van der Waals surface area (Å²) in [6.45, 7) is 2.49. The van der Waals surface area contributed by atoms with E-state index in [1.807, 2.05) is 24.3 Å². The van der Waals surface area contributed by atoms with Crippen LogP contribution >= 0.6 is 0 Å². The maximum atomic E-state index is 12.4. The van der Waals surface area contributed by atoms with Gasteiger partial charge in [-0.2, -0.15) is 0 Å². The van der Waals surface area contributed by atoms with E-state index in [0.29, 0.717) is 5.69 Å². The summed E-state index contributed by atoms with van der Waals surface area (Å²) in [7, 11) is -2.19. The number of carbonyl (C=O) groups excluding carboxylic acids is 1. The maximum absolute atomic E-state index is 12.4. The van der Waals surface area contributed by atoms with Gasteiger partial charge in [0.1, 0.15) is 0 Å². The Bertz CT molecular complexity index is 817. The smallest absolute Gasteiger partial charge is 0.255 e. The van der Waals surface area contributed by atoms with Gasteiger partial charge in [-0.15, -0.1) is 0 Å². The Kier molecular flexibility index (Phi) is 6.69. The molecule has 0 aliphatic rings. The second-order valence-corrected chi connectivity index (χ2v) is 7.19. The number of amides is 1. The number of sulfonamides is 1. The fraction of sp³-hybridized carbons (Fsp3) is 0.278. The normalized spacial score (nSPS) is 11.3. The molecular weight excluding hydrogens is 340 g/mol. The molecule has 6 nitrogen and oxygen atoms in total. The van der Waals surface area contributed by atoms with E-state index in [1.54, 1.807) is 12.1 Å². The van der Waals surface area contributed by atoms with E-state index in [-0.39, 0.29) is 29.5 Å². The lowest BCUT2D eigenvalue weighted by molar-refractivity contribution is 0.102. The van der Waals surface area contributed by atoms with Gasteiger partial charge in [0.25, 0.3) is 5.91 Å². The summed E-state index contributed by atoms with van der Waals surface area (Å²) in [6.07, 6.45) is 0.921. The predicted octanol–water partition coefficient (Wildman–Crippen LogP) is 2.43. The van der Waals surface area contributed by atoms with Gasteiger partial charge in [0.2, 0.25) is 10.0 Å². The van der Waals surface area contributed by atoms with E-state index < -0.39 is 10.0 Å². The second kappa shape index (κ2) is 8.75. The molecule has 0 aliphatic heterocycles. The molecule has 2 rings (SSSR count). The average molecular weight is 362 g/mol. The highest BCUT2D eigenvalue weighted by Gasteiger charge is 2.16. The number of carbonyl (C=O) groups is 1. The molecule has 0 aliphatic carbocycles. The number of hydrogen-bond acceptors (Lipinski definition) is 4. The van der Waals surface area contributed by atoms with Crippen molar-refractivity contribution in [2.24, 2.45) is 0 Å². The van der Waals surface area contributed by atoms with Crippen molar-refractivity contribution < 1.29 is 17.9 Å². The highest BCUT2D eigenvalue weighted by molar-refractivity contribution is 7.89. The molecule has 2 aromatic carbocycles. The molecule has 0 bridgehead atoms. The average Bonchev–Trinajstić information content (AvgIpc) is 2.62. The van der Waals surface area contributed by atoms with Crippen LogP contribution < -0.4 is 10.0 Å². The molecule has 0 radical (unpaired) electrons. The van der Waals surface area contributed by atoms with Crippen LogP contribution in [0, 0.1) is 0 Å². The van der Waals surface area contributed by atoms with Crippen molar-refractivity contribution in [2.75, 3.05) is 25.6 Å². The molecule has 134 valence electrons. The minimum Gasteiger partial charge on any atom is -0.383 e. The van der Waals surface area contributed by atoms with Gasteiger partial charge in [-0.3, -0.25) is 4.79 Å². The van der Waals surface area contributed by atoms with E-state index >= 15 is 0 Å². The fourth-order valence-electron chi connectivity index (χ4n) is 2.19. The first-order valence-corrected chi connectivity index (χ1v) is 9.43. The van der Waals surface area contributed by atoms with E-state index in [4.69, 9.17) is 4.74 Å². The first-order valence-electron chi connectivity index (χ1n) is 7.95. The fourth-order valence-corrected chi connectivity index (χ4v) is 3.25. The number of hydrogen-bond donors (Lipinski definition) is 2. The largest absolute Gasteiger partial charge is 0.383 e. The summed E-state index contributed by atoms with van der Waals surface area (Å²) in [6, 6.07) is 13.4. The van der Waals surface area contributed by atoms with E-state index in [2.05, 4.69) is 17.0 Å². The molecule has 0 saturated heterocycles. The Morgan fingerprint density at radius 2 is 1.84 bits per heavy atom. The molecule has 0 atom stereocenters. The lowest BCUT2D eigenvalue weighted by atomic mass is 10.1. The Labute approximate surface area is 148 Å². The number of methoxy groups -OCH3 is 1. The van der Waals surface area contributed by atoms with Crippen molar-refractivity contribution in [3.05, 3.63) is 59.7 Å². The van der Waals surface area contributed by atoms with Crippen molar-refractivity contribution in [2.45, 2.75) is 18.2 Å². The zero-order chi connectivity index (χ0) is 18.3. The minimum absolute atomic E-state index is 0.0394. The van der Waals surface area contributed by atoms with Gasteiger partial charge in [0, 0.05) is 24.9 Å². The van der Waals surface area contributed by atoms with Gasteiger partial charge in [-0.05, 0) is 42.3 Å². The molecule has 7 heteroatoms. The van der Waals surface area contributed by atoms with Gasteiger partial charge in [-0.1, -0.05) is 25.1 Å². The number of aryl methyl sites for hydroxylation is 1. The van der Waals surface area contributed by atoms with Gasteiger partial charge in [0.15, 0.2) is 0 Å². The van der Waals surface area contributed by atoms with Gasteiger partial charge in [-0.25, -0.2) is 13.1 Å². The number of nitrogens with one attached hydrogen (secondary N) is 2. The molecule has 0 aromatic heterocycles. The van der Waals surface area contributed by atoms with Crippen molar-refractivity contribution in [1.29, 1.82) is 0 Å². The van der Waals surface area contributed by atoms with Crippen LogP contribution in [0.15, 0.2) is 53.4 Å². The van der Waals surface area contributed by atoms with E-state index in [0.717, 1.165) is 6.42 Å². The van der Waals surface area contributed by atoms with Crippen LogP contribution in [-0.2, 0) is 21.2 Å². The third-order valence-electron chi connectivity index (χ3n) is 3.62. The standard InChI is InChI=1S/C18H22N2O4S/c1-3-14-7-9-16(10-8-14)20-18(21)15-5-4-6-17(13-15)25(22,23)19-11-12-24-2/h4-10,13,19H,3,11-12H2,1-2H3,(H,20,21). The molecule has 0 unspecified atom stereocenters. The number of rotatable bonds is 8. The Morgan fingerprint density at radius 1 is 1.12 bits per heavy atom. The van der Waals surface area contributed by atoms with Crippen molar-refractivity contribution >= 4 is 21.6 Å². The van der Waals surface area contributed by atoms with E-state index in [9.17, 15) is 13.2 Å². The van der Waals surface area contributed by atoms with Gasteiger partial charge < -0.3 is 10.1 Å². The quantitative estimate of drug-likeness (QED) is 0.707. The molecule has 0 spiro atoms. The molecule has 0 saturated carbocycles. The number of benzene rings is 2. The molecular formula is C18H22N2O4S. The van der Waals surface area contributed by atoms with Crippen molar-refractivity contribution in [1.82, 2.24) is 4.72 Å². The topological polar surface area (TPSA) is 84.5 Å². The van der Waals surface area contributed by atoms with Crippen LogP contribution in [-0.4, -0.2) is 34.6 Å². The molecule has 0 fully saturated rings. The molecule has 1 amide bonds. The Balaban J connectivity index is 2.12. The van der Waals surface area contributed by atoms with Crippen molar-refractivity contribution in [3.63, 3.8) is 0 Å². The maximum Gasteiger partial charge on any atom is 0.255 e. The van der Waals surface area contributed by atoms with Crippen molar-refractivity contribution in [3.8, 4) is 0 Å². The summed E-state index contributed by atoms with van der Waals surface area (Å²) < 4.78 is 31.7. The van der Waals surface area contributed by atoms with Crippen LogP contribution in [0.2, 0.25) is 0 Å².